The number of carbonyl (C=O) groups excluding carboxylic acids is 2. The summed E-state index contributed by atoms with van der Waals surface area (Å²) in [6.07, 6.45) is 7.07. The van der Waals surface area contributed by atoms with Gasteiger partial charge in [0.25, 0.3) is 5.56 Å². The van der Waals surface area contributed by atoms with Gasteiger partial charge >= 0.3 is 5.97 Å². The van der Waals surface area contributed by atoms with Gasteiger partial charge in [0.1, 0.15) is 16.0 Å². The maximum absolute atomic E-state index is 13.0. The van der Waals surface area contributed by atoms with E-state index in [4.69, 9.17) is 4.74 Å². The molecule has 1 aliphatic carbocycles. The first-order chi connectivity index (χ1) is 15.5. The first-order valence-electron chi connectivity index (χ1n) is 10.4. The second-order valence-corrected chi connectivity index (χ2v) is 8.44. The summed E-state index contributed by atoms with van der Waals surface area (Å²) < 4.78 is 6.30. The minimum absolute atomic E-state index is 0.0222. The van der Waals surface area contributed by atoms with Crippen LogP contribution < -0.4 is 11.0 Å². The zero-order valence-corrected chi connectivity index (χ0v) is 18.7. The molecular weight excluding hydrogens is 426 g/mol. The van der Waals surface area contributed by atoms with Crippen LogP contribution in [-0.4, -0.2) is 28.0 Å². The van der Waals surface area contributed by atoms with E-state index in [1.165, 1.54) is 11.0 Å². The summed E-state index contributed by atoms with van der Waals surface area (Å²) in [5.74, 6) is -0.481. The third kappa shape index (κ3) is 4.27. The van der Waals surface area contributed by atoms with Crippen molar-refractivity contribution in [2.24, 2.45) is 0 Å². The highest BCUT2D eigenvalue weighted by atomic mass is 32.1. The molecule has 1 aliphatic rings. The van der Waals surface area contributed by atoms with Gasteiger partial charge in [0.15, 0.2) is 5.78 Å². The highest BCUT2D eigenvalue weighted by Gasteiger charge is 2.22. The van der Waals surface area contributed by atoms with Crippen LogP contribution in [0.3, 0.4) is 0 Å². The van der Waals surface area contributed by atoms with Gasteiger partial charge in [0.05, 0.1) is 12.0 Å². The molecule has 0 unspecified atom stereocenters. The predicted molar refractivity (Wildman–Crippen MR) is 125 cm³/mol. The molecule has 7 nitrogen and oxygen atoms in total. The van der Waals surface area contributed by atoms with Gasteiger partial charge in [-0.05, 0) is 50.3 Å². The number of hydrogen-bond donors (Lipinski definition) is 1. The molecule has 0 atom stereocenters. The highest BCUT2D eigenvalue weighted by Crippen LogP contribution is 2.28. The Morgan fingerprint density at radius 3 is 2.72 bits per heavy atom. The SMILES string of the molecule is CCOC(=O)c1sc2ncn(N/C=C3\CCC/C(=C\c4ccccc4)C3=O)c(=O)c2c1C. The quantitative estimate of drug-likeness (QED) is 0.464. The first kappa shape index (κ1) is 21.7. The van der Waals surface area contributed by atoms with Crippen molar-refractivity contribution in [2.75, 3.05) is 12.0 Å². The van der Waals surface area contributed by atoms with Crippen LogP contribution in [0.1, 0.15) is 47.0 Å². The summed E-state index contributed by atoms with van der Waals surface area (Å²) in [5.41, 5.74) is 5.47. The van der Waals surface area contributed by atoms with Crippen LogP contribution in [0.5, 0.6) is 0 Å². The standard InChI is InChI=1S/C24H23N3O4S/c1-3-31-24(30)21-15(2)19-22(32-21)25-14-27(23(19)29)26-13-18-11-7-10-17(20(18)28)12-16-8-5-4-6-9-16/h4-6,8-9,12-14,26H,3,7,10-11H2,1-2H3/b17-12+,18-13+. The number of rotatable bonds is 5. The van der Waals surface area contributed by atoms with Crippen molar-refractivity contribution in [3.63, 3.8) is 0 Å². The Morgan fingerprint density at radius 2 is 1.97 bits per heavy atom. The van der Waals surface area contributed by atoms with E-state index in [9.17, 15) is 14.4 Å². The number of aryl methyl sites for hydroxylation is 1. The molecule has 1 saturated carbocycles. The van der Waals surface area contributed by atoms with E-state index in [0.29, 0.717) is 32.7 Å². The van der Waals surface area contributed by atoms with Crippen LogP contribution in [-0.2, 0) is 9.53 Å². The van der Waals surface area contributed by atoms with Crippen LogP contribution in [0.25, 0.3) is 16.3 Å². The van der Waals surface area contributed by atoms with Crippen LogP contribution in [0.15, 0.2) is 58.8 Å². The molecule has 2 aromatic heterocycles. The molecule has 4 rings (SSSR count). The Morgan fingerprint density at radius 1 is 1.22 bits per heavy atom. The average Bonchev–Trinajstić information content (AvgIpc) is 3.13. The van der Waals surface area contributed by atoms with E-state index in [0.717, 1.165) is 35.3 Å². The lowest BCUT2D eigenvalue weighted by atomic mass is 9.88. The van der Waals surface area contributed by atoms with Gasteiger partial charge in [0, 0.05) is 17.3 Å². The van der Waals surface area contributed by atoms with Gasteiger partial charge in [-0.15, -0.1) is 11.3 Å². The molecule has 0 aliphatic heterocycles. The number of ether oxygens (including phenoxy) is 1. The van der Waals surface area contributed by atoms with Crippen molar-refractivity contribution in [1.29, 1.82) is 0 Å². The maximum atomic E-state index is 13.0. The lowest BCUT2D eigenvalue weighted by molar-refractivity contribution is -0.112. The second-order valence-electron chi connectivity index (χ2n) is 7.44. The minimum atomic E-state index is -0.459. The summed E-state index contributed by atoms with van der Waals surface area (Å²) in [7, 11) is 0. The van der Waals surface area contributed by atoms with Gasteiger partial charge in [-0.25, -0.2) is 14.5 Å². The predicted octanol–water partition coefficient (Wildman–Crippen LogP) is 4.21. The fourth-order valence-corrected chi connectivity index (χ4v) is 4.72. The Bertz CT molecular complexity index is 1300. The van der Waals surface area contributed by atoms with Crippen LogP contribution in [0.4, 0.5) is 0 Å². The molecule has 0 saturated heterocycles. The molecule has 3 aromatic rings. The van der Waals surface area contributed by atoms with Crippen molar-refractivity contribution >= 4 is 39.4 Å². The van der Waals surface area contributed by atoms with Gasteiger partial charge in [0.2, 0.25) is 0 Å². The number of carbonyl (C=O) groups is 2. The molecule has 1 fully saturated rings. The minimum Gasteiger partial charge on any atom is -0.462 e. The van der Waals surface area contributed by atoms with Gasteiger partial charge in [-0.1, -0.05) is 30.3 Å². The van der Waals surface area contributed by atoms with E-state index < -0.39 is 5.97 Å². The van der Waals surface area contributed by atoms with Crippen LogP contribution in [0.2, 0.25) is 0 Å². The Kier molecular flexibility index (Phi) is 6.32. The molecule has 1 aromatic carbocycles. The fourth-order valence-electron chi connectivity index (χ4n) is 3.68. The smallest absolute Gasteiger partial charge is 0.348 e. The van der Waals surface area contributed by atoms with E-state index in [-0.39, 0.29) is 17.9 Å². The summed E-state index contributed by atoms with van der Waals surface area (Å²) in [6, 6.07) is 9.74. The van der Waals surface area contributed by atoms with Gasteiger partial charge in [-0.2, -0.15) is 0 Å². The number of Topliss-reactive ketones (excluding diaryl/α,β-unsaturated/α-hetero) is 1. The third-order valence-corrected chi connectivity index (χ3v) is 6.49. The van der Waals surface area contributed by atoms with Gasteiger partial charge < -0.3 is 4.74 Å². The van der Waals surface area contributed by atoms with Crippen molar-refractivity contribution in [2.45, 2.75) is 33.1 Å². The molecule has 0 spiro atoms. The normalized spacial score (nSPS) is 16.6. The van der Waals surface area contributed by atoms with Crippen molar-refractivity contribution in [3.8, 4) is 0 Å². The molecule has 164 valence electrons. The number of nitrogens with zero attached hydrogens (tertiary/aromatic N) is 2. The number of benzene rings is 1. The topological polar surface area (TPSA) is 90.3 Å². The first-order valence-corrected chi connectivity index (χ1v) is 11.2. The van der Waals surface area contributed by atoms with Crippen LogP contribution >= 0.6 is 11.3 Å². The highest BCUT2D eigenvalue weighted by molar-refractivity contribution is 7.20. The van der Waals surface area contributed by atoms with E-state index in [1.54, 1.807) is 20.0 Å². The zero-order chi connectivity index (χ0) is 22.7. The lowest BCUT2D eigenvalue weighted by Crippen LogP contribution is -2.27. The Labute approximate surface area is 189 Å². The average molecular weight is 450 g/mol. The number of aromatic nitrogens is 2. The lowest BCUT2D eigenvalue weighted by Gasteiger charge is -2.17. The summed E-state index contributed by atoms with van der Waals surface area (Å²) >= 11 is 1.14. The monoisotopic (exact) mass is 449 g/mol. The number of hydrogen-bond acceptors (Lipinski definition) is 7. The molecule has 8 heteroatoms. The summed E-state index contributed by atoms with van der Waals surface area (Å²) in [6.45, 7) is 3.70. The number of esters is 1. The van der Waals surface area contributed by atoms with Crippen LogP contribution in [0, 0.1) is 6.92 Å². The fraction of sp³-hybridized carbons (Fsp3) is 0.250. The molecule has 1 N–H and O–H groups in total. The molecule has 0 bridgehead atoms. The number of nitrogens with one attached hydrogen (secondary N) is 1. The molecular formula is C24H23N3O4S. The number of allylic oxidation sites excluding steroid dienone is 2. The summed E-state index contributed by atoms with van der Waals surface area (Å²) in [5, 5.41) is 0.367. The van der Waals surface area contributed by atoms with Crippen molar-refractivity contribution in [1.82, 2.24) is 9.66 Å². The third-order valence-electron chi connectivity index (χ3n) is 5.31. The van der Waals surface area contributed by atoms with Crippen molar-refractivity contribution < 1.29 is 14.3 Å². The zero-order valence-electron chi connectivity index (χ0n) is 17.9. The summed E-state index contributed by atoms with van der Waals surface area (Å²) in [4.78, 5) is 43.2. The number of ketones is 1. The molecule has 32 heavy (non-hydrogen) atoms. The largest absolute Gasteiger partial charge is 0.462 e. The van der Waals surface area contributed by atoms with E-state index in [2.05, 4.69) is 10.4 Å². The molecule has 0 radical (unpaired) electrons. The van der Waals surface area contributed by atoms with Crippen molar-refractivity contribution in [3.05, 3.63) is 80.4 Å². The second kappa shape index (κ2) is 9.32. The molecule has 0 amide bonds. The van der Waals surface area contributed by atoms with E-state index in [1.807, 2.05) is 36.4 Å². The molecule has 2 heterocycles. The van der Waals surface area contributed by atoms with Gasteiger partial charge in [-0.3, -0.25) is 15.0 Å². The number of thiophene rings is 1. The Hall–Kier alpha value is -3.52. The Balaban J connectivity index is 1.60. The number of fused-ring (bicyclic) bond motifs is 1. The van der Waals surface area contributed by atoms with E-state index >= 15 is 0 Å². The maximum Gasteiger partial charge on any atom is 0.348 e.